The molecule has 3 atom stereocenters. The van der Waals surface area contributed by atoms with Crippen molar-refractivity contribution in [2.45, 2.75) is 24.7 Å². The van der Waals surface area contributed by atoms with Gasteiger partial charge in [0.05, 0.1) is 29.3 Å². The van der Waals surface area contributed by atoms with Crippen LogP contribution in [-0.2, 0) is 0 Å². The Morgan fingerprint density at radius 3 is 2.30 bits per heavy atom. The van der Waals surface area contributed by atoms with Crippen LogP contribution in [0.1, 0.15) is 45.1 Å². The predicted molar refractivity (Wildman–Crippen MR) is 132 cm³/mol. The highest BCUT2D eigenvalue weighted by atomic mass is 19.2. The number of carbonyl (C=O) groups is 1. The number of nitriles is 2. The second-order valence-electron chi connectivity index (χ2n) is 8.77. The van der Waals surface area contributed by atoms with E-state index < -0.39 is 19.5 Å². The quantitative estimate of drug-likeness (QED) is 0.474. The van der Waals surface area contributed by atoms with Crippen molar-refractivity contribution in [3.8, 4) is 18.0 Å². The van der Waals surface area contributed by atoms with Crippen LogP contribution >= 0.6 is 0 Å². The summed E-state index contributed by atoms with van der Waals surface area (Å²) in [7, 11) is 0. The van der Waals surface area contributed by atoms with Crippen molar-refractivity contribution < 1.29 is 18.3 Å². The average molecular weight is 502 g/mol. The van der Waals surface area contributed by atoms with E-state index in [1.165, 1.54) is 0 Å². The minimum Gasteiger partial charge on any atom is -0.474 e. The van der Waals surface area contributed by atoms with E-state index in [-0.39, 0.29) is 23.9 Å². The van der Waals surface area contributed by atoms with Crippen LogP contribution in [0.15, 0.2) is 66.9 Å². The number of hydrogen-bond acceptors (Lipinski definition) is 6. The summed E-state index contributed by atoms with van der Waals surface area (Å²) in [6, 6.07) is 21.1. The van der Waals surface area contributed by atoms with E-state index in [1.807, 2.05) is 24.3 Å². The normalized spacial score (nSPS) is 16.8. The maximum absolute atomic E-state index is 13.2. The lowest BCUT2D eigenvalue weighted by Gasteiger charge is -2.29. The van der Waals surface area contributed by atoms with Gasteiger partial charge in [-0.1, -0.05) is 18.2 Å². The molecule has 0 spiro atoms. The molecule has 2 aromatic carbocycles. The van der Waals surface area contributed by atoms with Crippen molar-refractivity contribution in [3.05, 3.63) is 94.7 Å². The molecule has 1 amide bonds. The molecule has 1 N–H and O–H groups in total. The van der Waals surface area contributed by atoms with Crippen LogP contribution in [0.4, 0.5) is 8.78 Å². The molecule has 0 aliphatic carbocycles. The van der Waals surface area contributed by atoms with E-state index in [1.54, 1.807) is 48.7 Å². The van der Waals surface area contributed by atoms with E-state index in [0.29, 0.717) is 29.8 Å². The van der Waals surface area contributed by atoms with Crippen LogP contribution < -0.4 is 10.1 Å². The minimum absolute atomic E-state index is 0.0817. The van der Waals surface area contributed by atoms with E-state index in [0.717, 1.165) is 17.5 Å². The van der Waals surface area contributed by atoms with Gasteiger partial charge < -0.3 is 10.1 Å². The van der Waals surface area contributed by atoms with Gasteiger partial charge >= 0.3 is 0 Å². The van der Waals surface area contributed by atoms with Gasteiger partial charge in [0.25, 0.3) is 5.91 Å². The Kier molecular flexibility index (Phi) is 8.40. The second-order valence-corrected chi connectivity index (χ2v) is 8.77. The van der Waals surface area contributed by atoms with Gasteiger partial charge in [-0.25, -0.2) is 13.8 Å². The molecule has 7 nitrogen and oxygen atoms in total. The van der Waals surface area contributed by atoms with Gasteiger partial charge in [0.2, 0.25) is 5.88 Å². The number of benzene rings is 2. The Morgan fingerprint density at radius 2 is 1.70 bits per heavy atom. The van der Waals surface area contributed by atoms with Crippen LogP contribution in [0.2, 0.25) is 0 Å². The smallest absolute Gasteiger partial charge is 0.251 e. The third-order valence-corrected chi connectivity index (χ3v) is 6.21. The molecule has 4 rings (SSSR count). The van der Waals surface area contributed by atoms with E-state index in [9.17, 15) is 18.8 Å². The summed E-state index contributed by atoms with van der Waals surface area (Å²) in [5.74, 6) is 0.00119. The molecule has 2 heterocycles. The number of carbonyl (C=O) groups excluding carboxylic acids is 1. The van der Waals surface area contributed by atoms with Crippen LogP contribution in [0, 0.1) is 22.7 Å². The van der Waals surface area contributed by atoms with Gasteiger partial charge in [0.1, 0.15) is 13.3 Å². The summed E-state index contributed by atoms with van der Waals surface area (Å²) in [5.41, 5.74) is 3.34. The fourth-order valence-corrected chi connectivity index (χ4v) is 4.32. The number of nitrogens with zero attached hydrogens (tertiary/aromatic N) is 4. The molecular formula is C28H25F2N5O2. The minimum atomic E-state index is -1.70. The van der Waals surface area contributed by atoms with Crippen LogP contribution in [-0.4, -0.2) is 54.4 Å². The molecule has 9 heteroatoms. The summed E-state index contributed by atoms with van der Waals surface area (Å²) in [6.07, 6.45) is 0.683. The Balaban J connectivity index is 1.50. The fraction of sp³-hybridized carbons (Fsp3) is 0.286. The number of rotatable bonds is 9. The summed E-state index contributed by atoms with van der Waals surface area (Å²) in [5, 5.41) is 21.2. The van der Waals surface area contributed by atoms with Crippen LogP contribution in [0.5, 0.6) is 5.88 Å². The lowest BCUT2D eigenvalue weighted by Crippen LogP contribution is -2.38. The van der Waals surface area contributed by atoms with E-state index in [4.69, 9.17) is 10.00 Å². The fourth-order valence-electron chi connectivity index (χ4n) is 4.32. The lowest BCUT2D eigenvalue weighted by atomic mass is 9.97. The Labute approximate surface area is 213 Å². The van der Waals surface area contributed by atoms with Gasteiger partial charge in [-0.15, -0.1) is 0 Å². The maximum atomic E-state index is 13.2. The first-order valence-corrected chi connectivity index (χ1v) is 11.8. The summed E-state index contributed by atoms with van der Waals surface area (Å²) >= 11 is 0. The standard InChI is InChI=1S/C28H25F2N5O2/c29-13-24(30)18-37-26-10-9-23(16-33-26)27(21-5-1-19(14-31)2-6-21)35-12-11-25(17-35)34-28(36)22-7-3-20(15-32)4-8-22/h1-10,16,24-25,27H,11-13,17-18H2,(H,34,36)/t24?,25?,27-/m1/s1. The highest BCUT2D eigenvalue weighted by Crippen LogP contribution is 2.32. The third-order valence-electron chi connectivity index (χ3n) is 6.21. The van der Waals surface area contributed by atoms with Gasteiger partial charge in [-0.3, -0.25) is 9.69 Å². The summed E-state index contributed by atoms with van der Waals surface area (Å²) in [4.78, 5) is 19.2. The third kappa shape index (κ3) is 6.46. The molecule has 2 unspecified atom stereocenters. The lowest BCUT2D eigenvalue weighted by molar-refractivity contribution is 0.0937. The molecule has 1 aromatic heterocycles. The van der Waals surface area contributed by atoms with Crippen molar-refractivity contribution in [1.29, 1.82) is 10.5 Å². The highest BCUT2D eigenvalue weighted by molar-refractivity contribution is 5.94. The number of ether oxygens (including phenoxy) is 1. The number of pyridine rings is 1. The number of hydrogen-bond donors (Lipinski definition) is 1. The predicted octanol–water partition coefficient (Wildman–Crippen LogP) is 4.11. The second kappa shape index (κ2) is 12.1. The first-order chi connectivity index (χ1) is 18.0. The zero-order chi connectivity index (χ0) is 26.2. The number of amides is 1. The van der Waals surface area contributed by atoms with Gasteiger partial charge in [0, 0.05) is 37.0 Å². The zero-order valence-electron chi connectivity index (χ0n) is 20.0. The largest absolute Gasteiger partial charge is 0.474 e. The first kappa shape index (κ1) is 25.7. The molecular weight excluding hydrogens is 476 g/mol. The molecule has 37 heavy (non-hydrogen) atoms. The molecule has 1 saturated heterocycles. The number of likely N-dealkylation sites (tertiary alicyclic amines) is 1. The SMILES string of the molecule is N#Cc1ccc(C(=O)NC2CCN([C@H](c3ccc(C#N)cc3)c3ccc(OCC(F)CF)nc3)C2)cc1. The Morgan fingerprint density at radius 1 is 1.05 bits per heavy atom. The molecule has 3 aromatic rings. The van der Waals surface area contributed by atoms with E-state index >= 15 is 0 Å². The van der Waals surface area contributed by atoms with Gasteiger partial charge in [-0.05, 0) is 53.9 Å². The zero-order valence-corrected chi connectivity index (χ0v) is 20.0. The molecule has 188 valence electrons. The highest BCUT2D eigenvalue weighted by Gasteiger charge is 2.31. The molecule has 1 aliphatic heterocycles. The van der Waals surface area contributed by atoms with Crippen molar-refractivity contribution in [2.75, 3.05) is 26.4 Å². The maximum Gasteiger partial charge on any atom is 0.251 e. The monoisotopic (exact) mass is 501 g/mol. The number of halogens is 2. The molecule has 0 saturated carbocycles. The Hall–Kier alpha value is -4.34. The number of alkyl halides is 2. The first-order valence-electron chi connectivity index (χ1n) is 11.8. The van der Waals surface area contributed by atoms with E-state index in [2.05, 4.69) is 21.3 Å². The summed E-state index contributed by atoms with van der Waals surface area (Å²) in [6.45, 7) is -0.225. The number of nitrogens with one attached hydrogen (secondary N) is 1. The van der Waals surface area contributed by atoms with Crippen LogP contribution in [0.25, 0.3) is 0 Å². The van der Waals surface area contributed by atoms with Gasteiger partial charge in [-0.2, -0.15) is 10.5 Å². The van der Waals surface area contributed by atoms with Crippen molar-refractivity contribution in [2.24, 2.45) is 0 Å². The molecule has 1 aliphatic rings. The molecule has 0 radical (unpaired) electrons. The topological polar surface area (TPSA) is 102 Å². The summed E-state index contributed by atoms with van der Waals surface area (Å²) < 4.78 is 30.8. The Bertz CT molecular complexity index is 1280. The van der Waals surface area contributed by atoms with Crippen molar-refractivity contribution >= 4 is 5.91 Å². The molecule has 1 fully saturated rings. The van der Waals surface area contributed by atoms with Crippen molar-refractivity contribution in [1.82, 2.24) is 15.2 Å². The molecule has 0 bridgehead atoms. The van der Waals surface area contributed by atoms with Crippen molar-refractivity contribution in [3.63, 3.8) is 0 Å². The van der Waals surface area contributed by atoms with Gasteiger partial charge in [0.15, 0.2) is 6.17 Å². The average Bonchev–Trinajstić information content (AvgIpc) is 3.40. The van der Waals surface area contributed by atoms with Crippen LogP contribution in [0.3, 0.4) is 0 Å². The number of aromatic nitrogens is 1.